The van der Waals surface area contributed by atoms with E-state index in [1.165, 1.54) is 18.4 Å². The Labute approximate surface area is 173 Å². The van der Waals surface area contributed by atoms with Crippen LogP contribution in [0.4, 0.5) is 5.69 Å². The molecule has 0 atom stereocenters. The van der Waals surface area contributed by atoms with Crippen molar-refractivity contribution in [2.45, 2.75) is 0 Å². The maximum atomic E-state index is 12.6. The van der Waals surface area contributed by atoms with Gasteiger partial charge < -0.3 is 24.3 Å². The minimum Gasteiger partial charge on any atom is -0.497 e. The number of anilines is 1. The minimum absolute atomic E-state index is 0.310. The van der Waals surface area contributed by atoms with Gasteiger partial charge in [0.05, 0.1) is 26.5 Å². The summed E-state index contributed by atoms with van der Waals surface area (Å²) in [6.07, 6.45) is 0. The Bertz CT molecular complexity index is 956. The summed E-state index contributed by atoms with van der Waals surface area (Å²) in [6, 6.07) is 12.7. The number of nitrogens with zero attached hydrogens (tertiary/aromatic N) is 1. The van der Waals surface area contributed by atoms with Gasteiger partial charge in [-0.25, -0.2) is 4.98 Å². The van der Waals surface area contributed by atoms with Crippen LogP contribution in [0.1, 0.15) is 10.5 Å². The fourth-order valence-corrected chi connectivity index (χ4v) is 3.34. The maximum Gasteiger partial charge on any atom is 0.275 e. The standard InChI is InChI=1S/C21H22N2O5S/c1-25-10-11-28-15-6-4-14(5-7-15)21-23-18(13-29-21)20(24)22-17-9-8-16(26-2)12-19(17)27-3/h4-9,12-13H,10-11H2,1-3H3,(H,22,24). The van der Waals surface area contributed by atoms with Gasteiger partial charge in [-0.2, -0.15) is 0 Å². The number of benzene rings is 2. The molecule has 1 amide bonds. The lowest BCUT2D eigenvalue weighted by Gasteiger charge is -2.10. The van der Waals surface area contributed by atoms with Gasteiger partial charge >= 0.3 is 0 Å². The number of hydrogen-bond acceptors (Lipinski definition) is 7. The van der Waals surface area contributed by atoms with E-state index in [0.717, 1.165) is 16.3 Å². The third-order valence-corrected chi connectivity index (χ3v) is 4.94. The second kappa shape index (κ2) is 9.90. The zero-order valence-corrected chi connectivity index (χ0v) is 17.2. The van der Waals surface area contributed by atoms with Gasteiger partial charge in [0.15, 0.2) is 0 Å². The van der Waals surface area contributed by atoms with Gasteiger partial charge in [-0.15, -0.1) is 11.3 Å². The molecular weight excluding hydrogens is 392 g/mol. The van der Waals surface area contributed by atoms with E-state index in [9.17, 15) is 4.79 Å². The van der Waals surface area contributed by atoms with Crippen LogP contribution >= 0.6 is 11.3 Å². The topological polar surface area (TPSA) is 78.9 Å². The third kappa shape index (κ3) is 5.24. The second-order valence-corrected chi connectivity index (χ2v) is 6.78. The minimum atomic E-state index is -0.310. The fraction of sp³-hybridized carbons (Fsp3) is 0.238. The molecule has 0 aliphatic rings. The van der Waals surface area contributed by atoms with E-state index in [0.29, 0.717) is 36.1 Å². The number of methoxy groups -OCH3 is 3. The normalized spacial score (nSPS) is 10.4. The van der Waals surface area contributed by atoms with Crippen LogP contribution in [0, 0.1) is 0 Å². The highest BCUT2D eigenvalue weighted by Crippen LogP contribution is 2.30. The van der Waals surface area contributed by atoms with Crippen LogP contribution in [0.2, 0.25) is 0 Å². The first-order valence-corrected chi connectivity index (χ1v) is 9.73. The Morgan fingerprint density at radius 1 is 1.00 bits per heavy atom. The van der Waals surface area contributed by atoms with E-state index in [1.54, 1.807) is 37.8 Å². The number of aromatic nitrogens is 1. The van der Waals surface area contributed by atoms with Crippen LogP contribution in [0.3, 0.4) is 0 Å². The molecule has 0 bridgehead atoms. The quantitative estimate of drug-likeness (QED) is 0.531. The van der Waals surface area contributed by atoms with Crippen molar-refractivity contribution >= 4 is 22.9 Å². The summed E-state index contributed by atoms with van der Waals surface area (Å²) in [6.45, 7) is 1.03. The predicted octanol–water partition coefficient (Wildman–Crippen LogP) is 4.10. The van der Waals surface area contributed by atoms with Gasteiger partial charge in [-0.3, -0.25) is 4.79 Å². The maximum absolute atomic E-state index is 12.6. The van der Waals surface area contributed by atoms with Gasteiger partial charge in [-0.05, 0) is 36.4 Å². The lowest BCUT2D eigenvalue weighted by molar-refractivity contribution is 0.102. The number of amides is 1. The van der Waals surface area contributed by atoms with Gasteiger partial charge in [0.1, 0.15) is 34.6 Å². The molecule has 3 aromatic rings. The number of thiazole rings is 1. The van der Waals surface area contributed by atoms with Gasteiger partial charge in [0.2, 0.25) is 0 Å². The average Bonchev–Trinajstić information content (AvgIpc) is 3.25. The molecule has 0 fully saturated rings. The van der Waals surface area contributed by atoms with Crippen molar-refractivity contribution in [2.24, 2.45) is 0 Å². The average molecular weight is 414 g/mol. The van der Waals surface area contributed by atoms with E-state index >= 15 is 0 Å². The highest BCUT2D eigenvalue weighted by atomic mass is 32.1. The lowest BCUT2D eigenvalue weighted by Crippen LogP contribution is -2.13. The molecule has 0 saturated carbocycles. The Balaban J connectivity index is 1.69. The summed E-state index contributed by atoms with van der Waals surface area (Å²) in [5.41, 5.74) is 1.80. The summed E-state index contributed by atoms with van der Waals surface area (Å²) in [7, 11) is 4.74. The highest BCUT2D eigenvalue weighted by Gasteiger charge is 2.15. The van der Waals surface area contributed by atoms with Gasteiger partial charge in [-0.1, -0.05) is 0 Å². The molecule has 29 heavy (non-hydrogen) atoms. The predicted molar refractivity (Wildman–Crippen MR) is 112 cm³/mol. The smallest absolute Gasteiger partial charge is 0.275 e. The van der Waals surface area contributed by atoms with E-state index in [4.69, 9.17) is 18.9 Å². The molecule has 0 aliphatic heterocycles. The van der Waals surface area contributed by atoms with Crippen molar-refractivity contribution in [3.8, 4) is 27.8 Å². The molecule has 7 nitrogen and oxygen atoms in total. The number of ether oxygens (including phenoxy) is 4. The number of carbonyl (C=O) groups is 1. The molecule has 1 heterocycles. The molecule has 0 aliphatic carbocycles. The third-order valence-electron chi connectivity index (χ3n) is 4.05. The molecule has 1 aromatic heterocycles. The highest BCUT2D eigenvalue weighted by molar-refractivity contribution is 7.13. The molecule has 0 unspecified atom stereocenters. The van der Waals surface area contributed by atoms with Crippen LogP contribution in [0.5, 0.6) is 17.2 Å². The van der Waals surface area contributed by atoms with Gasteiger partial charge in [0, 0.05) is 24.1 Å². The lowest BCUT2D eigenvalue weighted by atomic mass is 10.2. The number of hydrogen-bond donors (Lipinski definition) is 1. The number of nitrogens with one attached hydrogen (secondary N) is 1. The van der Waals surface area contributed by atoms with Crippen LogP contribution in [0.15, 0.2) is 47.8 Å². The Morgan fingerprint density at radius 3 is 2.45 bits per heavy atom. The first-order chi connectivity index (χ1) is 14.1. The van der Waals surface area contributed by atoms with Crippen molar-refractivity contribution in [3.05, 3.63) is 53.5 Å². The molecule has 0 saturated heterocycles. The van der Waals surface area contributed by atoms with E-state index < -0.39 is 0 Å². The van der Waals surface area contributed by atoms with E-state index in [-0.39, 0.29) is 5.91 Å². The Kier molecular flexibility index (Phi) is 7.04. The molecule has 1 N–H and O–H groups in total. The molecule has 8 heteroatoms. The van der Waals surface area contributed by atoms with E-state index in [2.05, 4.69) is 10.3 Å². The summed E-state index contributed by atoms with van der Waals surface area (Å²) < 4.78 is 21.0. The zero-order chi connectivity index (χ0) is 20.6. The number of rotatable bonds is 9. The van der Waals surface area contributed by atoms with Crippen molar-refractivity contribution in [1.29, 1.82) is 0 Å². The Hall–Kier alpha value is -3.10. The number of carbonyl (C=O) groups excluding carboxylic acids is 1. The first kappa shape index (κ1) is 20.6. The molecule has 3 rings (SSSR count). The van der Waals surface area contributed by atoms with Crippen molar-refractivity contribution in [1.82, 2.24) is 4.98 Å². The largest absolute Gasteiger partial charge is 0.497 e. The zero-order valence-electron chi connectivity index (χ0n) is 16.4. The summed E-state index contributed by atoms with van der Waals surface area (Å²) in [4.78, 5) is 17.0. The Morgan fingerprint density at radius 2 is 1.76 bits per heavy atom. The van der Waals surface area contributed by atoms with E-state index in [1.807, 2.05) is 24.3 Å². The van der Waals surface area contributed by atoms with Crippen molar-refractivity contribution < 1.29 is 23.7 Å². The van der Waals surface area contributed by atoms with Crippen LogP contribution in [-0.2, 0) is 4.74 Å². The van der Waals surface area contributed by atoms with Crippen molar-refractivity contribution in [3.63, 3.8) is 0 Å². The fourth-order valence-electron chi connectivity index (χ4n) is 2.54. The summed E-state index contributed by atoms with van der Waals surface area (Å²) >= 11 is 1.40. The van der Waals surface area contributed by atoms with Gasteiger partial charge in [0.25, 0.3) is 5.91 Å². The van der Waals surface area contributed by atoms with Crippen molar-refractivity contribution in [2.75, 3.05) is 39.9 Å². The molecule has 0 radical (unpaired) electrons. The molecular formula is C21H22N2O5S. The second-order valence-electron chi connectivity index (χ2n) is 5.92. The molecule has 2 aromatic carbocycles. The summed E-state index contributed by atoms with van der Waals surface area (Å²) in [5.74, 6) is 1.60. The summed E-state index contributed by atoms with van der Waals surface area (Å²) in [5, 5.41) is 5.30. The SMILES string of the molecule is COCCOc1ccc(-c2nc(C(=O)Nc3ccc(OC)cc3OC)cs2)cc1. The molecule has 0 spiro atoms. The monoisotopic (exact) mass is 414 g/mol. The van der Waals surface area contributed by atoms with Crippen LogP contribution in [0.25, 0.3) is 10.6 Å². The first-order valence-electron chi connectivity index (χ1n) is 8.85. The molecule has 152 valence electrons. The van der Waals surface area contributed by atoms with Crippen LogP contribution in [-0.4, -0.2) is 45.4 Å². The van der Waals surface area contributed by atoms with Crippen LogP contribution < -0.4 is 19.5 Å².